The van der Waals surface area contributed by atoms with Crippen LogP contribution in [0.4, 0.5) is 18.9 Å². The Hall–Kier alpha value is -1.72. The quantitative estimate of drug-likeness (QED) is 0.639. The Kier molecular flexibility index (Phi) is 5.99. The van der Waals surface area contributed by atoms with Crippen LogP contribution in [0.25, 0.3) is 0 Å². The molecule has 0 aromatic heterocycles. The number of anilines is 1. The summed E-state index contributed by atoms with van der Waals surface area (Å²) < 4.78 is 38.8. The molecule has 0 heterocycles. The molecule has 3 nitrogen and oxygen atoms in total. The Morgan fingerprint density at radius 1 is 1.19 bits per heavy atom. The van der Waals surface area contributed by atoms with Crippen molar-refractivity contribution < 1.29 is 17.9 Å². The van der Waals surface area contributed by atoms with E-state index in [4.69, 9.17) is 0 Å². The van der Waals surface area contributed by atoms with Crippen molar-refractivity contribution in [1.82, 2.24) is 0 Å². The van der Waals surface area contributed by atoms with Gasteiger partial charge in [-0.25, -0.2) is 0 Å². The zero-order chi connectivity index (χ0) is 12.6. The highest BCUT2D eigenvalue weighted by atomic mass is 19.4. The summed E-state index contributed by atoms with van der Waals surface area (Å²) in [5, 5.41) is 3.35. The van der Waals surface area contributed by atoms with E-state index in [1.165, 1.54) is 24.3 Å². The van der Waals surface area contributed by atoms with Gasteiger partial charge in [-0.05, 0) is 24.3 Å². The number of ether oxygens (including phenoxy) is 1. The molecule has 16 heavy (non-hydrogen) atoms. The van der Waals surface area contributed by atoms with E-state index in [1.54, 1.807) is 0 Å². The van der Waals surface area contributed by atoms with E-state index in [1.807, 2.05) is 13.8 Å². The van der Waals surface area contributed by atoms with E-state index < -0.39 is 6.36 Å². The molecular formula is C10H13F3N2O. The predicted molar refractivity (Wildman–Crippen MR) is 57.6 cm³/mol. The van der Waals surface area contributed by atoms with E-state index in [0.29, 0.717) is 5.69 Å². The van der Waals surface area contributed by atoms with Crippen molar-refractivity contribution in [2.24, 2.45) is 5.10 Å². The summed E-state index contributed by atoms with van der Waals surface area (Å²) in [6, 6.07) is 5.16. The van der Waals surface area contributed by atoms with Gasteiger partial charge in [-0.2, -0.15) is 5.10 Å². The molecule has 1 aromatic carbocycles. The van der Waals surface area contributed by atoms with Gasteiger partial charge in [0.25, 0.3) is 0 Å². The van der Waals surface area contributed by atoms with Crippen LogP contribution < -0.4 is 10.2 Å². The van der Waals surface area contributed by atoms with Gasteiger partial charge in [0.1, 0.15) is 5.75 Å². The molecule has 0 unspecified atom stereocenters. The Balaban J connectivity index is 0.00000106. The van der Waals surface area contributed by atoms with Crippen LogP contribution in [0.1, 0.15) is 13.8 Å². The Morgan fingerprint density at radius 2 is 1.69 bits per heavy atom. The van der Waals surface area contributed by atoms with Crippen LogP contribution in [-0.2, 0) is 0 Å². The molecule has 0 aliphatic carbocycles. The Morgan fingerprint density at radius 3 is 2.06 bits per heavy atom. The average molecular weight is 234 g/mol. The maximum Gasteiger partial charge on any atom is 0.573 e. The number of alkyl halides is 3. The summed E-state index contributed by atoms with van der Waals surface area (Å²) >= 11 is 0. The zero-order valence-electron chi connectivity index (χ0n) is 9.01. The van der Waals surface area contributed by atoms with Crippen molar-refractivity contribution in [3.8, 4) is 5.75 Å². The molecule has 0 fully saturated rings. The second-order valence-corrected chi connectivity index (χ2v) is 2.34. The third kappa shape index (κ3) is 5.90. The molecular weight excluding hydrogens is 221 g/mol. The molecule has 0 spiro atoms. The van der Waals surface area contributed by atoms with Crippen molar-refractivity contribution in [1.29, 1.82) is 0 Å². The van der Waals surface area contributed by atoms with Crippen LogP contribution in [0.15, 0.2) is 29.4 Å². The molecule has 0 bridgehead atoms. The van der Waals surface area contributed by atoms with Crippen LogP contribution in [0.2, 0.25) is 0 Å². The van der Waals surface area contributed by atoms with Crippen LogP contribution in [0, 0.1) is 0 Å². The SMILES string of the molecule is C=NNc1ccc(OC(F)(F)F)cc1.CC. The minimum absolute atomic E-state index is 0.271. The van der Waals surface area contributed by atoms with Crippen LogP contribution in [0.3, 0.4) is 0 Å². The number of nitrogens with zero attached hydrogens (tertiary/aromatic N) is 1. The molecule has 0 radical (unpaired) electrons. The number of benzene rings is 1. The average Bonchev–Trinajstić information content (AvgIpc) is 2.22. The van der Waals surface area contributed by atoms with E-state index >= 15 is 0 Å². The number of hydrazone groups is 1. The lowest BCUT2D eigenvalue weighted by Crippen LogP contribution is -2.16. The highest BCUT2D eigenvalue weighted by molar-refractivity contribution is 5.47. The maximum absolute atomic E-state index is 11.7. The molecule has 0 amide bonds. The molecule has 0 aliphatic rings. The summed E-state index contributed by atoms with van der Waals surface area (Å²) in [4.78, 5) is 0. The van der Waals surface area contributed by atoms with Crippen LogP contribution in [-0.4, -0.2) is 13.1 Å². The van der Waals surface area contributed by atoms with Gasteiger partial charge in [0.05, 0.1) is 5.69 Å². The first-order valence-corrected chi connectivity index (χ1v) is 4.59. The summed E-state index contributed by atoms with van der Waals surface area (Å²) in [5.74, 6) is -0.271. The van der Waals surface area contributed by atoms with E-state index in [-0.39, 0.29) is 5.75 Å². The fourth-order valence-electron chi connectivity index (χ4n) is 0.822. The number of rotatable bonds is 3. The fraction of sp³-hybridized carbons (Fsp3) is 0.300. The molecule has 0 aliphatic heterocycles. The van der Waals surface area contributed by atoms with Gasteiger partial charge in [0.15, 0.2) is 0 Å². The van der Waals surface area contributed by atoms with Crippen molar-refractivity contribution in [2.45, 2.75) is 20.2 Å². The first kappa shape index (κ1) is 14.3. The summed E-state index contributed by atoms with van der Waals surface area (Å²) in [5.41, 5.74) is 3.01. The molecule has 6 heteroatoms. The number of nitrogens with one attached hydrogen (secondary N) is 1. The molecule has 1 rings (SSSR count). The van der Waals surface area contributed by atoms with Crippen molar-refractivity contribution >= 4 is 12.4 Å². The number of halogens is 3. The van der Waals surface area contributed by atoms with Gasteiger partial charge in [-0.1, -0.05) is 13.8 Å². The topological polar surface area (TPSA) is 33.6 Å². The third-order valence-electron chi connectivity index (χ3n) is 1.30. The Labute approximate surface area is 91.9 Å². The van der Waals surface area contributed by atoms with Gasteiger partial charge >= 0.3 is 6.36 Å². The molecule has 0 atom stereocenters. The zero-order valence-corrected chi connectivity index (χ0v) is 9.01. The van der Waals surface area contributed by atoms with E-state index in [0.717, 1.165) is 0 Å². The molecule has 0 saturated heterocycles. The molecule has 0 saturated carbocycles. The second kappa shape index (κ2) is 6.71. The normalized spacial score (nSPS) is 9.81. The summed E-state index contributed by atoms with van der Waals surface area (Å²) in [7, 11) is 0. The Bertz CT molecular complexity index is 309. The smallest absolute Gasteiger partial charge is 0.406 e. The standard InChI is InChI=1S/C8H7F3N2O.C2H6/c1-12-13-6-2-4-7(5-3-6)14-8(9,10)11;1-2/h2-5,13H,1H2;1-2H3. The lowest BCUT2D eigenvalue weighted by Gasteiger charge is -2.08. The van der Waals surface area contributed by atoms with Gasteiger partial charge in [0, 0.05) is 6.72 Å². The minimum Gasteiger partial charge on any atom is -0.406 e. The van der Waals surface area contributed by atoms with Gasteiger partial charge in [-0.3, -0.25) is 5.43 Å². The van der Waals surface area contributed by atoms with E-state index in [9.17, 15) is 13.2 Å². The van der Waals surface area contributed by atoms with Crippen molar-refractivity contribution in [3.05, 3.63) is 24.3 Å². The lowest BCUT2D eigenvalue weighted by molar-refractivity contribution is -0.274. The fourth-order valence-corrected chi connectivity index (χ4v) is 0.822. The largest absolute Gasteiger partial charge is 0.573 e. The number of hydrogen-bond acceptors (Lipinski definition) is 3. The summed E-state index contributed by atoms with van der Waals surface area (Å²) in [6.45, 7) is 7.17. The van der Waals surface area contributed by atoms with Crippen LogP contribution in [0.5, 0.6) is 5.75 Å². The highest BCUT2D eigenvalue weighted by Crippen LogP contribution is 2.23. The van der Waals surface area contributed by atoms with Crippen molar-refractivity contribution in [2.75, 3.05) is 5.43 Å². The summed E-state index contributed by atoms with van der Waals surface area (Å²) in [6.07, 6.45) is -4.66. The van der Waals surface area contributed by atoms with Crippen LogP contribution >= 0.6 is 0 Å². The lowest BCUT2D eigenvalue weighted by atomic mass is 10.3. The molecule has 1 aromatic rings. The molecule has 90 valence electrons. The third-order valence-corrected chi connectivity index (χ3v) is 1.30. The van der Waals surface area contributed by atoms with Crippen molar-refractivity contribution in [3.63, 3.8) is 0 Å². The predicted octanol–water partition coefficient (Wildman–Crippen LogP) is 3.64. The second-order valence-electron chi connectivity index (χ2n) is 2.34. The number of hydrogen-bond donors (Lipinski definition) is 1. The minimum atomic E-state index is -4.66. The highest BCUT2D eigenvalue weighted by Gasteiger charge is 2.30. The monoisotopic (exact) mass is 234 g/mol. The van der Waals surface area contributed by atoms with Gasteiger partial charge in [0.2, 0.25) is 0 Å². The first-order chi connectivity index (χ1) is 7.51. The molecule has 1 N–H and O–H groups in total. The van der Waals surface area contributed by atoms with E-state index in [2.05, 4.69) is 22.0 Å². The van der Waals surface area contributed by atoms with Gasteiger partial charge < -0.3 is 4.74 Å². The van der Waals surface area contributed by atoms with Gasteiger partial charge in [-0.15, -0.1) is 13.2 Å². The maximum atomic E-state index is 11.7. The first-order valence-electron chi connectivity index (χ1n) is 4.59.